The molecule has 3 heterocycles. The smallest absolute Gasteiger partial charge is 0.255 e. The summed E-state index contributed by atoms with van der Waals surface area (Å²) in [4.78, 5) is 43.0. The molecule has 3 aliphatic heterocycles. The first-order chi connectivity index (χ1) is 16.8. The lowest BCUT2D eigenvalue weighted by Gasteiger charge is -2.37. The van der Waals surface area contributed by atoms with Gasteiger partial charge in [-0.15, -0.1) is 0 Å². The first kappa shape index (κ1) is 23.3. The molecule has 5 rings (SSSR count). The molecule has 2 fully saturated rings. The summed E-state index contributed by atoms with van der Waals surface area (Å²) >= 11 is 0. The van der Waals surface area contributed by atoms with E-state index in [0.29, 0.717) is 24.3 Å². The average molecular weight is 481 g/mol. The number of carbonyl (C=O) groups is 3. The fourth-order valence-electron chi connectivity index (χ4n) is 5.25. The lowest BCUT2D eigenvalue weighted by molar-refractivity contribution is -0.136. The number of piperazine rings is 1. The summed E-state index contributed by atoms with van der Waals surface area (Å²) in [5.74, 6) is -0.772. The van der Waals surface area contributed by atoms with Crippen molar-refractivity contribution in [3.05, 3.63) is 58.4 Å². The number of ether oxygens (including phenoxy) is 1. The van der Waals surface area contributed by atoms with Crippen LogP contribution >= 0.6 is 0 Å². The summed E-state index contributed by atoms with van der Waals surface area (Å²) in [5.41, 5.74) is 4.20. The van der Waals surface area contributed by atoms with E-state index in [2.05, 4.69) is 28.1 Å². The van der Waals surface area contributed by atoms with Gasteiger partial charge in [0.05, 0.1) is 7.11 Å². The minimum atomic E-state index is -0.715. The Morgan fingerprint density at radius 2 is 1.86 bits per heavy atom. The lowest BCUT2D eigenvalue weighted by Crippen LogP contribution is -2.52. The van der Waals surface area contributed by atoms with E-state index in [-0.39, 0.29) is 31.2 Å². The van der Waals surface area contributed by atoms with E-state index >= 15 is 0 Å². The van der Waals surface area contributed by atoms with Gasteiger partial charge in [0.2, 0.25) is 11.8 Å². The second-order valence-electron chi connectivity index (χ2n) is 9.41. The van der Waals surface area contributed by atoms with Crippen molar-refractivity contribution in [2.75, 3.05) is 38.2 Å². The average Bonchev–Trinajstić information content (AvgIpc) is 3.16. The van der Waals surface area contributed by atoms with Gasteiger partial charge in [0.25, 0.3) is 5.91 Å². The molecule has 8 nitrogen and oxygen atoms in total. The number of carbonyl (C=O) groups excluding carboxylic acids is 3. The molecule has 184 valence electrons. The zero-order chi connectivity index (χ0) is 24.7. The van der Waals surface area contributed by atoms with Crippen molar-refractivity contribution in [2.45, 2.75) is 38.9 Å². The number of fused-ring (bicyclic) bond motifs is 1. The Morgan fingerprint density at radius 1 is 1.09 bits per heavy atom. The highest BCUT2D eigenvalue weighted by molar-refractivity contribution is 6.06. The molecule has 2 saturated heterocycles. The van der Waals surface area contributed by atoms with Gasteiger partial charge < -0.3 is 14.5 Å². The number of hydrogen-bond donors (Lipinski definition) is 1. The van der Waals surface area contributed by atoms with Crippen LogP contribution in [0, 0.1) is 12.7 Å². The van der Waals surface area contributed by atoms with Crippen LogP contribution in [-0.2, 0) is 22.7 Å². The number of nitrogens with zero attached hydrogens (tertiary/aromatic N) is 3. The van der Waals surface area contributed by atoms with E-state index in [1.807, 2.05) is 12.1 Å². The Kier molecular flexibility index (Phi) is 6.19. The summed E-state index contributed by atoms with van der Waals surface area (Å²) in [7, 11) is 1.66. The van der Waals surface area contributed by atoms with Crippen LogP contribution in [-0.4, -0.2) is 66.9 Å². The van der Waals surface area contributed by atoms with E-state index in [1.165, 1.54) is 28.2 Å². The van der Waals surface area contributed by atoms with Crippen molar-refractivity contribution in [3.8, 4) is 5.75 Å². The second kappa shape index (κ2) is 9.30. The van der Waals surface area contributed by atoms with Crippen LogP contribution in [0.15, 0.2) is 30.3 Å². The van der Waals surface area contributed by atoms with Crippen LogP contribution in [0.25, 0.3) is 0 Å². The number of aryl methyl sites for hydroxylation is 1. The monoisotopic (exact) mass is 480 g/mol. The standard InChI is InChI=1S/C26H29FN4O4/c1-16-11-19(35-2)4-3-17(16)14-29-7-9-30(10-8-29)23-13-18(27)12-20-21(23)15-31(26(20)34)22-5-6-24(32)28-25(22)33/h3-4,11-13,22H,5-10,14-15H2,1-2H3,(H,28,32,33). The molecule has 1 atom stereocenters. The molecular weight excluding hydrogens is 451 g/mol. The maximum atomic E-state index is 14.6. The van der Waals surface area contributed by atoms with Gasteiger partial charge in [0.15, 0.2) is 0 Å². The van der Waals surface area contributed by atoms with Gasteiger partial charge in [-0.05, 0) is 48.7 Å². The number of methoxy groups -OCH3 is 1. The third-order valence-corrected chi connectivity index (χ3v) is 7.25. The molecule has 0 aromatic heterocycles. The quantitative estimate of drug-likeness (QED) is 0.661. The SMILES string of the molecule is COc1ccc(CN2CCN(c3cc(F)cc4c3CN(C3CCC(=O)NC3=O)C4=O)CC2)c(C)c1. The molecule has 2 aromatic carbocycles. The molecular formula is C26H29FN4O4. The number of piperidine rings is 1. The van der Waals surface area contributed by atoms with Crippen molar-refractivity contribution >= 4 is 23.4 Å². The summed E-state index contributed by atoms with van der Waals surface area (Å²) in [6.07, 6.45) is 0.471. The molecule has 0 saturated carbocycles. The largest absolute Gasteiger partial charge is 0.497 e. The van der Waals surface area contributed by atoms with Crippen molar-refractivity contribution in [2.24, 2.45) is 0 Å². The predicted octanol–water partition coefficient (Wildman–Crippen LogP) is 2.23. The summed E-state index contributed by atoms with van der Waals surface area (Å²) < 4.78 is 19.9. The number of nitrogens with one attached hydrogen (secondary N) is 1. The molecule has 0 radical (unpaired) electrons. The minimum absolute atomic E-state index is 0.188. The number of anilines is 1. The van der Waals surface area contributed by atoms with Crippen LogP contribution in [0.2, 0.25) is 0 Å². The molecule has 35 heavy (non-hydrogen) atoms. The van der Waals surface area contributed by atoms with Crippen LogP contribution in [0.4, 0.5) is 10.1 Å². The fourth-order valence-corrected chi connectivity index (χ4v) is 5.25. The highest BCUT2D eigenvalue weighted by Gasteiger charge is 2.41. The van der Waals surface area contributed by atoms with E-state index in [0.717, 1.165) is 30.9 Å². The van der Waals surface area contributed by atoms with E-state index in [1.54, 1.807) is 7.11 Å². The van der Waals surface area contributed by atoms with Gasteiger partial charge in [-0.3, -0.25) is 24.6 Å². The molecule has 2 aromatic rings. The molecule has 3 aliphatic rings. The number of benzene rings is 2. The van der Waals surface area contributed by atoms with Crippen LogP contribution in [0.5, 0.6) is 5.75 Å². The fraction of sp³-hybridized carbons (Fsp3) is 0.423. The van der Waals surface area contributed by atoms with Gasteiger partial charge in [-0.25, -0.2) is 4.39 Å². The van der Waals surface area contributed by atoms with Gasteiger partial charge in [-0.1, -0.05) is 6.07 Å². The van der Waals surface area contributed by atoms with Gasteiger partial charge in [0.1, 0.15) is 17.6 Å². The number of rotatable bonds is 5. The molecule has 0 aliphatic carbocycles. The Labute approximate surface area is 203 Å². The van der Waals surface area contributed by atoms with Crippen molar-refractivity contribution in [1.29, 1.82) is 0 Å². The van der Waals surface area contributed by atoms with Crippen molar-refractivity contribution < 1.29 is 23.5 Å². The maximum Gasteiger partial charge on any atom is 0.255 e. The molecule has 9 heteroatoms. The molecule has 0 bridgehead atoms. The Morgan fingerprint density at radius 3 is 2.54 bits per heavy atom. The Hall–Kier alpha value is -3.46. The number of imide groups is 1. The highest BCUT2D eigenvalue weighted by Crippen LogP contribution is 2.35. The Balaban J connectivity index is 1.30. The summed E-state index contributed by atoms with van der Waals surface area (Å²) in [6.45, 7) is 6.17. The zero-order valence-electron chi connectivity index (χ0n) is 20.0. The van der Waals surface area contributed by atoms with E-state index in [9.17, 15) is 18.8 Å². The summed E-state index contributed by atoms with van der Waals surface area (Å²) in [5, 5.41) is 2.31. The third kappa shape index (κ3) is 4.48. The third-order valence-electron chi connectivity index (χ3n) is 7.25. The zero-order valence-corrected chi connectivity index (χ0v) is 20.0. The first-order valence-corrected chi connectivity index (χ1v) is 11.9. The predicted molar refractivity (Wildman–Crippen MR) is 128 cm³/mol. The van der Waals surface area contributed by atoms with Crippen LogP contribution in [0.1, 0.15) is 39.9 Å². The van der Waals surface area contributed by atoms with E-state index in [4.69, 9.17) is 4.74 Å². The maximum absolute atomic E-state index is 14.6. The topological polar surface area (TPSA) is 82.2 Å². The number of hydrogen-bond acceptors (Lipinski definition) is 6. The molecule has 3 amide bonds. The molecule has 0 spiro atoms. The number of amides is 3. The first-order valence-electron chi connectivity index (χ1n) is 11.9. The van der Waals surface area contributed by atoms with Gasteiger partial charge >= 0.3 is 0 Å². The van der Waals surface area contributed by atoms with Crippen molar-refractivity contribution in [3.63, 3.8) is 0 Å². The lowest BCUT2D eigenvalue weighted by atomic mass is 10.0. The minimum Gasteiger partial charge on any atom is -0.497 e. The van der Waals surface area contributed by atoms with Crippen molar-refractivity contribution in [1.82, 2.24) is 15.1 Å². The normalized spacial score (nSPS) is 20.8. The second-order valence-corrected chi connectivity index (χ2v) is 9.41. The van der Waals surface area contributed by atoms with Gasteiger partial charge in [0, 0.05) is 62.5 Å². The molecule has 1 unspecified atom stereocenters. The summed E-state index contributed by atoms with van der Waals surface area (Å²) in [6, 6.07) is 8.13. The highest BCUT2D eigenvalue weighted by atomic mass is 19.1. The molecule has 1 N–H and O–H groups in total. The van der Waals surface area contributed by atoms with E-state index < -0.39 is 17.8 Å². The van der Waals surface area contributed by atoms with Gasteiger partial charge in [-0.2, -0.15) is 0 Å². The van der Waals surface area contributed by atoms with Crippen LogP contribution in [0.3, 0.4) is 0 Å². The number of halogens is 1. The van der Waals surface area contributed by atoms with Crippen LogP contribution < -0.4 is 15.0 Å². The Bertz CT molecular complexity index is 1190.